The zero-order valence-electron chi connectivity index (χ0n) is 17.0. The summed E-state index contributed by atoms with van der Waals surface area (Å²) in [6, 6.07) is 15.3. The number of ether oxygens (including phenoxy) is 2. The summed E-state index contributed by atoms with van der Waals surface area (Å²) in [4.78, 5) is 12.9. The Morgan fingerprint density at radius 3 is 2.76 bits per heavy atom. The molecule has 7 heteroatoms. The minimum Gasteiger partial charge on any atom is -0.497 e. The zero-order chi connectivity index (χ0) is 20.6. The van der Waals surface area contributed by atoms with Crippen LogP contribution < -0.4 is 10.1 Å². The first-order valence-electron chi connectivity index (χ1n) is 9.49. The summed E-state index contributed by atoms with van der Waals surface area (Å²) < 4.78 is 13.2. The Hall–Kier alpha value is -3.19. The normalized spacial score (nSPS) is 15.8. The summed E-state index contributed by atoms with van der Waals surface area (Å²) in [6.45, 7) is 6.05. The molecule has 1 aliphatic heterocycles. The lowest BCUT2D eigenvalue weighted by Gasteiger charge is -2.25. The lowest BCUT2D eigenvalue weighted by atomic mass is 10.0. The molecular weight excluding hydrogens is 368 g/mol. The van der Waals surface area contributed by atoms with Crippen LogP contribution in [0.5, 0.6) is 5.75 Å². The van der Waals surface area contributed by atoms with Crippen LogP contribution in [0.3, 0.4) is 0 Å². The van der Waals surface area contributed by atoms with Gasteiger partial charge in [-0.2, -0.15) is 0 Å². The first-order chi connectivity index (χ1) is 13.9. The van der Waals surface area contributed by atoms with E-state index in [9.17, 15) is 4.79 Å². The van der Waals surface area contributed by atoms with Gasteiger partial charge in [-0.1, -0.05) is 35.5 Å². The van der Waals surface area contributed by atoms with Crippen molar-refractivity contribution in [1.82, 2.24) is 20.3 Å². The van der Waals surface area contributed by atoms with E-state index in [4.69, 9.17) is 9.47 Å². The second kappa shape index (κ2) is 7.33. The Morgan fingerprint density at radius 1 is 1.21 bits per heavy atom. The molecule has 0 radical (unpaired) electrons. The van der Waals surface area contributed by atoms with Gasteiger partial charge in [-0.3, -0.25) is 4.79 Å². The van der Waals surface area contributed by atoms with Gasteiger partial charge in [-0.15, -0.1) is 5.10 Å². The molecular formula is C22H24N4O3. The molecule has 1 amide bonds. The molecule has 150 valence electrons. The third-order valence-corrected chi connectivity index (χ3v) is 4.68. The van der Waals surface area contributed by atoms with Gasteiger partial charge >= 0.3 is 0 Å². The van der Waals surface area contributed by atoms with Crippen LogP contribution in [0.1, 0.15) is 38.1 Å². The van der Waals surface area contributed by atoms with Gasteiger partial charge in [0.15, 0.2) is 6.10 Å². The van der Waals surface area contributed by atoms with Crippen molar-refractivity contribution in [3.05, 3.63) is 59.8 Å². The number of rotatable bonds is 3. The third-order valence-electron chi connectivity index (χ3n) is 4.68. The van der Waals surface area contributed by atoms with Crippen LogP contribution in [0.25, 0.3) is 16.9 Å². The maximum absolute atomic E-state index is 12.9. The summed E-state index contributed by atoms with van der Waals surface area (Å²) in [6.07, 6.45) is -0.731. The molecule has 7 nitrogen and oxygen atoms in total. The standard InChI is InChI=1S/C22H24N4O3/c1-22(2,3)23-21(27)20-16-10-5-6-11-17(16)26-18(13-29-20)19(24-25-26)14-8-7-9-15(12-14)28-4/h5-12,20H,13H2,1-4H3,(H,23,27). The fraction of sp³-hybridized carbons (Fsp3) is 0.318. The van der Waals surface area contributed by atoms with Crippen LogP contribution in [0, 0.1) is 0 Å². The van der Waals surface area contributed by atoms with Gasteiger partial charge in [0, 0.05) is 16.7 Å². The molecule has 4 rings (SSSR count). The highest BCUT2D eigenvalue weighted by molar-refractivity contribution is 5.84. The van der Waals surface area contributed by atoms with Gasteiger partial charge < -0.3 is 14.8 Å². The van der Waals surface area contributed by atoms with Crippen molar-refractivity contribution >= 4 is 5.91 Å². The Balaban J connectivity index is 1.78. The minimum atomic E-state index is -0.731. The molecule has 3 aromatic rings. The lowest BCUT2D eigenvalue weighted by Crippen LogP contribution is -2.43. The number of carbonyl (C=O) groups is 1. The quantitative estimate of drug-likeness (QED) is 0.739. The van der Waals surface area contributed by atoms with E-state index in [0.717, 1.165) is 28.3 Å². The minimum absolute atomic E-state index is 0.174. The second-order valence-electron chi connectivity index (χ2n) is 8.02. The smallest absolute Gasteiger partial charge is 0.254 e. The number of benzene rings is 2. The number of hydrogen-bond donors (Lipinski definition) is 1. The average molecular weight is 392 g/mol. The van der Waals surface area contributed by atoms with Gasteiger partial charge in [0.05, 0.1) is 25.1 Å². The van der Waals surface area contributed by atoms with E-state index in [-0.39, 0.29) is 18.1 Å². The van der Waals surface area contributed by atoms with E-state index in [1.54, 1.807) is 11.8 Å². The molecule has 0 fully saturated rings. The van der Waals surface area contributed by atoms with Gasteiger partial charge in [0.1, 0.15) is 11.4 Å². The highest BCUT2D eigenvalue weighted by Crippen LogP contribution is 2.34. The molecule has 0 spiro atoms. The number of fused-ring (bicyclic) bond motifs is 3. The van der Waals surface area contributed by atoms with Crippen molar-refractivity contribution in [2.45, 2.75) is 39.0 Å². The largest absolute Gasteiger partial charge is 0.497 e. The van der Waals surface area contributed by atoms with Crippen molar-refractivity contribution < 1.29 is 14.3 Å². The molecule has 1 atom stereocenters. The molecule has 1 aromatic heterocycles. The Bertz CT molecular complexity index is 1050. The summed E-state index contributed by atoms with van der Waals surface area (Å²) in [7, 11) is 1.63. The van der Waals surface area contributed by atoms with E-state index in [0.29, 0.717) is 5.69 Å². The fourth-order valence-electron chi connectivity index (χ4n) is 3.43. The number of hydrogen-bond acceptors (Lipinski definition) is 5. The first-order valence-corrected chi connectivity index (χ1v) is 9.49. The Morgan fingerprint density at radius 2 is 2.00 bits per heavy atom. The SMILES string of the molecule is COc1cccc(-c2nnn3c2COC(C(=O)NC(C)(C)C)c2ccccc2-3)c1. The molecule has 2 aromatic carbocycles. The summed E-state index contributed by atoms with van der Waals surface area (Å²) in [5, 5.41) is 11.8. The van der Waals surface area contributed by atoms with E-state index in [1.165, 1.54) is 0 Å². The predicted molar refractivity (Wildman–Crippen MR) is 109 cm³/mol. The molecule has 0 saturated heterocycles. The molecule has 2 heterocycles. The van der Waals surface area contributed by atoms with Gasteiger partial charge in [-0.25, -0.2) is 4.68 Å². The Labute approximate surface area is 169 Å². The zero-order valence-corrected chi connectivity index (χ0v) is 17.0. The number of aromatic nitrogens is 3. The number of methoxy groups -OCH3 is 1. The Kier molecular flexibility index (Phi) is 4.84. The average Bonchev–Trinajstić information content (AvgIpc) is 3.03. The van der Waals surface area contributed by atoms with Crippen molar-refractivity contribution in [3.8, 4) is 22.7 Å². The van der Waals surface area contributed by atoms with Crippen LogP contribution in [-0.2, 0) is 16.1 Å². The van der Waals surface area contributed by atoms with Gasteiger partial charge in [0.25, 0.3) is 5.91 Å². The maximum Gasteiger partial charge on any atom is 0.254 e. The molecule has 0 aliphatic carbocycles. The highest BCUT2D eigenvalue weighted by Gasteiger charge is 2.32. The van der Waals surface area contributed by atoms with Crippen LogP contribution in [0.2, 0.25) is 0 Å². The predicted octanol–water partition coefficient (Wildman–Crippen LogP) is 3.43. The molecule has 29 heavy (non-hydrogen) atoms. The molecule has 1 N–H and O–H groups in total. The molecule has 1 aliphatic rings. The van der Waals surface area contributed by atoms with Crippen LogP contribution in [-0.4, -0.2) is 33.5 Å². The monoisotopic (exact) mass is 392 g/mol. The van der Waals surface area contributed by atoms with E-state index in [2.05, 4.69) is 15.6 Å². The maximum atomic E-state index is 12.9. The number of amides is 1. The van der Waals surface area contributed by atoms with Crippen molar-refractivity contribution in [3.63, 3.8) is 0 Å². The highest BCUT2D eigenvalue weighted by atomic mass is 16.5. The first kappa shape index (κ1) is 19.1. The van der Waals surface area contributed by atoms with Crippen LogP contribution in [0.15, 0.2) is 48.5 Å². The summed E-state index contributed by atoms with van der Waals surface area (Å²) in [5.74, 6) is 0.563. The molecule has 1 unspecified atom stereocenters. The van der Waals surface area contributed by atoms with Crippen molar-refractivity contribution in [2.75, 3.05) is 7.11 Å². The van der Waals surface area contributed by atoms with Crippen molar-refractivity contribution in [1.29, 1.82) is 0 Å². The van der Waals surface area contributed by atoms with E-state index < -0.39 is 6.10 Å². The van der Waals surface area contributed by atoms with Gasteiger partial charge in [-0.05, 0) is 39.0 Å². The molecule has 0 saturated carbocycles. The van der Waals surface area contributed by atoms with Crippen LogP contribution >= 0.6 is 0 Å². The van der Waals surface area contributed by atoms with Crippen molar-refractivity contribution in [2.24, 2.45) is 0 Å². The number of para-hydroxylation sites is 1. The topological polar surface area (TPSA) is 78.3 Å². The number of nitrogens with one attached hydrogen (secondary N) is 1. The van der Waals surface area contributed by atoms with E-state index in [1.807, 2.05) is 69.3 Å². The third kappa shape index (κ3) is 3.73. The van der Waals surface area contributed by atoms with Crippen LogP contribution in [0.4, 0.5) is 0 Å². The fourth-order valence-corrected chi connectivity index (χ4v) is 3.43. The molecule has 0 bridgehead atoms. The number of nitrogens with zero attached hydrogens (tertiary/aromatic N) is 3. The second-order valence-corrected chi connectivity index (χ2v) is 8.02. The summed E-state index contributed by atoms with van der Waals surface area (Å²) in [5.41, 5.74) is 3.56. The van der Waals surface area contributed by atoms with Gasteiger partial charge in [0.2, 0.25) is 0 Å². The number of carbonyl (C=O) groups excluding carboxylic acids is 1. The lowest BCUT2D eigenvalue weighted by molar-refractivity contribution is -0.135. The van der Waals surface area contributed by atoms with E-state index >= 15 is 0 Å². The summed E-state index contributed by atoms with van der Waals surface area (Å²) >= 11 is 0.